The summed E-state index contributed by atoms with van der Waals surface area (Å²) in [4.78, 5) is 54.3. The van der Waals surface area contributed by atoms with Crippen molar-refractivity contribution in [2.45, 2.75) is 79.4 Å². The van der Waals surface area contributed by atoms with Crippen LogP contribution in [0.3, 0.4) is 0 Å². The minimum atomic E-state index is -0.755. The lowest BCUT2D eigenvalue weighted by Crippen LogP contribution is -2.44. The summed E-state index contributed by atoms with van der Waals surface area (Å²) in [5.41, 5.74) is 9.35. The van der Waals surface area contributed by atoms with Crippen LogP contribution in [0.5, 0.6) is 0 Å². The van der Waals surface area contributed by atoms with E-state index in [0.29, 0.717) is 28.2 Å². The number of likely N-dealkylation sites (tertiary alicyclic amines) is 1. The van der Waals surface area contributed by atoms with Crippen LogP contribution >= 0.6 is 0 Å². The van der Waals surface area contributed by atoms with Crippen molar-refractivity contribution in [3.05, 3.63) is 95.3 Å². The van der Waals surface area contributed by atoms with E-state index in [0.717, 1.165) is 29.6 Å². The summed E-state index contributed by atoms with van der Waals surface area (Å²) in [6, 6.07) is 19.6. The van der Waals surface area contributed by atoms with Gasteiger partial charge in [0.25, 0.3) is 12.4 Å². The van der Waals surface area contributed by atoms with Crippen LogP contribution in [0.2, 0.25) is 0 Å². The standard InChI is InChI=1S/C29H26N4O3.C7H13NO.C2H6.CH2O2/c1-19-5-7-20(8-6-19)9-10-21-11-13-22(14-12-21)26-17-23(24-18-30-16-15-25(24)31-26)27(34)32-33-28(35)36-29(2,3)4;1-7-4-2-3-5-8(7)6-9;1-2;2-1-3/h5-8,11-18H,1-4H3,(H,32,34)(H,33,35);6-7H,2-5H2,1H3;1-2H3;1H,(H,2,3). The molecule has 1 fully saturated rings. The summed E-state index contributed by atoms with van der Waals surface area (Å²) >= 11 is 0. The molecular formula is C39H47N5O6. The molecular weight excluding hydrogens is 634 g/mol. The molecule has 0 bridgehead atoms. The zero-order valence-corrected chi connectivity index (χ0v) is 29.8. The first-order valence-corrected chi connectivity index (χ1v) is 16.5. The van der Waals surface area contributed by atoms with Gasteiger partial charge in [0, 0.05) is 47.1 Å². The number of hydrazine groups is 1. The highest BCUT2D eigenvalue weighted by Gasteiger charge is 2.19. The van der Waals surface area contributed by atoms with Gasteiger partial charge in [-0.05, 0) is 90.3 Å². The number of rotatable bonds is 3. The molecule has 0 saturated carbocycles. The lowest BCUT2D eigenvalue weighted by Gasteiger charge is -2.29. The molecule has 264 valence electrons. The summed E-state index contributed by atoms with van der Waals surface area (Å²) in [6.45, 7) is 14.1. The number of pyridine rings is 2. The van der Waals surface area contributed by atoms with E-state index >= 15 is 0 Å². The minimum Gasteiger partial charge on any atom is -0.483 e. The van der Waals surface area contributed by atoms with E-state index in [2.05, 4.69) is 34.6 Å². The number of carboxylic acid groups (broad SMARTS) is 1. The van der Waals surface area contributed by atoms with Crippen molar-refractivity contribution >= 4 is 35.8 Å². The zero-order valence-electron chi connectivity index (χ0n) is 29.8. The van der Waals surface area contributed by atoms with Gasteiger partial charge in [-0.3, -0.25) is 24.8 Å². The van der Waals surface area contributed by atoms with Gasteiger partial charge in [-0.25, -0.2) is 15.2 Å². The van der Waals surface area contributed by atoms with Gasteiger partial charge in [0.1, 0.15) is 5.60 Å². The summed E-state index contributed by atoms with van der Waals surface area (Å²) in [7, 11) is 0. The number of ether oxygens (including phenoxy) is 1. The highest BCUT2D eigenvalue weighted by Crippen LogP contribution is 2.25. The number of piperidine rings is 1. The van der Waals surface area contributed by atoms with Gasteiger partial charge >= 0.3 is 6.09 Å². The van der Waals surface area contributed by atoms with Crippen molar-refractivity contribution in [3.63, 3.8) is 0 Å². The maximum atomic E-state index is 13.0. The first-order valence-electron chi connectivity index (χ1n) is 16.5. The van der Waals surface area contributed by atoms with Crippen LogP contribution in [-0.4, -0.2) is 63.0 Å². The fraction of sp³-hybridized carbons (Fsp3) is 0.333. The first-order chi connectivity index (χ1) is 23.9. The Hall–Kier alpha value is -5.76. The second kappa shape index (κ2) is 20.6. The van der Waals surface area contributed by atoms with Gasteiger partial charge in [-0.1, -0.05) is 55.5 Å². The molecule has 0 aliphatic carbocycles. The van der Waals surface area contributed by atoms with Crippen molar-refractivity contribution in [2.24, 2.45) is 0 Å². The molecule has 2 aromatic heterocycles. The second-order valence-electron chi connectivity index (χ2n) is 12.0. The number of aromatic nitrogens is 2. The van der Waals surface area contributed by atoms with E-state index in [4.69, 9.17) is 19.6 Å². The van der Waals surface area contributed by atoms with Gasteiger partial charge in [-0.15, -0.1) is 0 Å². The molecule has 3 amide bonds. The molecule has 4 aromatic rings. The van der Waals surface area contributed by atoms with Crippen molar-refractivity contribution in [1.29, 1.82) is 0 Å². The van der Waals surface area contributed by atoms with Gasteiger partial charge in [0.15, 0.2) is 0 Å². The molecule has 1 aliphatic rings. The molecule has 1 aliphatic heterocycles. The van der Waals surface area contributed by atoms with Crippen LogP contribution in [0.4, 0.5) is 4.79 Å². The Labute approximate surface area is 294 Å². The zero-order chi connectivity index (χ0) is 37.1. The predicted octanol–water partition coefficient (Wildman–Crippen LogP) is 6.92. The molecule has 3 N–H and O–H groups in total. The topological polar surface area (TPSA) is 151 Å². The highest BCUT2D eigenvalue weighted by atomic mass is 16.6. The van der Waals surface area contributed by atoms with Crippen LogP contribution in [-0.2, 0) is 14.3 Å². The third-order valence-corrected chi connectivity index (χ3v) is 7.10. The number of carbonyl (C=O) groups excluding carboxylic acids is 3. The van der Waals surface area contributed by atoms with Gasteiger partial charge in [0.2, 0.25) is 6.41 Å². The maximum Gasteiger partial charge on any atom is 0.426 e. The smallest absolute Gasteiger partial charge is 0.426 e. The predicted molar refractivity (Wildman–Crippen MR) is 195 cm³/mol. The minimum absolute atomic E-state index is 0.250. The Balaban J connectivity index is 0.000000522. The fourth-order valence-corrected chi connectivity index (χ4v) is 4.67. The number of fused-ring (bicyclic) bond motifs is 1. The van der Waals surface area contributed by atoms with Crippen LogP contribution in [0.25, 0.3) is 22.2 Å². The molecule has 5 rings (SSSR count). The number of nitrogens with one attached hydrogen (secondary N) is 2. The molecule has 11 nitrogen and oxygen atoms in total. The van der Waals surface area contributed by atoms with Crippen molar-refractivity contribution in [2.75, 3.05) is 6.54 Å². The summed E-state index contributed by atoms with van der Waals surface area (Å²) in [5, 5.41) is 7.45. The van der Waals surface area contributed by atoms with Crippen LogP contribution < -0.4 is 10.9 Å². The third kappa shape index (κ3) is 13.4. The number of amides is 3. The molecule has 3 heterocycles. The Kier molecular flexibility index (Phi) is 16.6. The van der Waals surface area contributed by atoms with Crippen molar-refractivity contribution < 1.29 is 29.0 Å². The Morgan fingerprint density at radius 1 is 0.960 bits per heavy atom. The monoisotopic (exact) mass is 681 g/mol. The van der Waals surface area contributed by atoms with E-state index in [1.54, 1.807) is 45.3 Å². The number of aryl methyl sites for hydroxylation is 1. The molecule has 0 radical (unpaired) electrons. The van der Waals surface area contributed by atoms with E-state index in [1.165, 1.54) is 24.8 Å². The SMILES string of the molecule is CC.CC1CCCCN1C=O.Cc1ccc(C#Cc2ccc(-c3cc(C(=O)NNC(=O)OC(C)(C)C)c4cnccc4n3)cc2)cc1.O=CO. The van der Waals surface area contributed by atoms with E-state index < -0.39 is 17.6 Å². The lowest BCUT2D eigenvalue weighted by atomic mass is 10.0. The number of hydrogen-bond donors (Lipinski definition) is 3. The van der Waals surface area contributed by atoms with Crippen LogP contribution in [0.15, 0.2) is 73.1 Å². The summed E-state index contributed by atoms with van der Waals surface area (Å²) in [5.74, 6) is 5.82. The first kappa shape index (κ1) is 40.4. The van der Waals surface area contributed by atoms with Gasteiger partial charge in [0.05, 0.1) is 16.8 Å². The molecule has 2 aromatic carbocycles. The Morgan fingerprint density at radius 2 is 1.56 bits per heavy atom. The Morgan fingerprint density at radius 3 is 2.10 bits per heavy atom. The molecule has 11 heteroatoms. The average molecular weight is 682 g/mol. The lowest BCUT2D eigenvalue weighted by molar-refractivity contribution is -0.123. The summed E-state index contributed by atoms with van der Waals surface area (Å²) < 4.78 is 5.17. The quantitative estimate of drug-likeness (QED) is 0.120. The van der Waals surface area contributed by atoms with Crippen LogP contribution in [0.1, 0.15) is 87.9 Å². The molecule has 1 atom stereocenters. The molecule has 1 unspecified atom stereocenters. The highest BCUT2D eigenvalue weighted by molar-refractivity contribution is 6.07. The number of carbonyl (C=O) groups is 4. The van der Waals surface area contributed by atoms with Gasteiger partial charge in [-0.2, -0.15) is 0 Å². The fourth-order valence-electron chi connectivity index (χ4n) is 4.67. The largest absolute Gasteiger partial charge is 0.483 e. The number of benzene rings is 2. The third-order valence-electron chi connectivity index (χ3n) is 7.10. The second-order valence-corrected chi connectivity index (χ2v) is 12.0. The molecule has 50 heavy (non-hydrogen) atoms. The van der Waals surface area contributed by atoms with Gasteiger partial charge < -0.3 is 14.7 Å². The summed E-state index contributed by atoms with van der Waals surface area (Å²) in [6.07, 6.45) is 7.04. The molecule has 1 saturated heterocycles. The molecule has 0 spiro atoms. The normalized spacial score (nSPS) is 13.2. The average Bonchev–Trinajstić information content (AvgIpc) is 3.11. The van der Waals surface area contributed by atoms with E-state index in [9.17, 15) is 14.4 Å². The van der Waals surface area contributed by atoms with Crippen molar-refractivity contribution in [3.8, 4) is 23.1 Å². The maximum absolute atomic E-state index is 13.0. The van der Waals surface area contributed by atoms with Crippen molar-refractivity contribution in [1.82, 2.24) is 25.7 Å². The Bertz CT molecular complexity index is 1760. The van der Waals surface area contributed by atoms with E-state index in [1.807, 2.05) is 74.2 Å². The van der Waals surface area contributed by atoms with E-state index in [-0.39, 0.29) is 6.47 Å². The number of hydrogen-bond acceptors (Lipinski definition) is 7. The number of nitrogens with zero attached hydrogens (tertiary/aromatic N) is 3. The van der Waals surface area contributed by atoms with Crippen LogP contribution in [0, 0.1) is 18.8 Å².